The lowest BCUT2D eigenvalue weighted by molar-refractivity contribution is -0.906. The molecule has 2 N–H and O–H groups in total. The molecule has 2 aliphatic heterocycles. The second-order valence-corrected chi connectivity index (χ2v) is 7.04. The van der Waals surface area contributed by atoms with Gasteiger partial charge >= 0.3 is 0 Å². The van der Waals surface area contributed by atoms with Crippen molar-refractivity contribution >= 4 is 17.7 Å². The Morgan fingerprint density at radius 2 is 1.75 bits per heavy atom. The van der Waals surface area contributed by atoms with Crippen LogP contribution in [0.5, 0.6) is 0 Å². The number of ether oxygens (including phenoxy) is 1. The van der Waals surface area contributed by atoms with Crippen LogP contribution in [0.3, 0.4) is 0 Å². The number of imide groups is 1. The number of carbonyl (C=O) groups excluding carboxylic acids is 3. The molecule has 0 spiro atoms. The van der Waals surface area contributed by atoms with Crippen LogP contribution >= 0.6 is 0 Å². The molecule has 1 saturated carbocycles. The van der Waals surface area contributed by atoms with Crippen LogP contribution in [0.15, 0.2) is 0 Å². The fourth-order valence-electron chi connectivity index (χ4n) is 4.04. The smallest absolute Gasteiger partial charge is 0.233 e. The summed E-state index contributed by atoms with van der Waals surface area (Å²) in [5, 5.41) is 2.90. The molecule has 2 heterocycles. The number of nitrogens with one attached hydrogen (secondary N) is 2. The monoisotopic (exact) mass is 338 g/mol. The van der Waals surface area contributed by atoms with Gasteiger partial charge in [-0.2, -0.15) is 0 Å². The van der Waals surface area contributed by atoms with E-state index < -0.39 is 0 Å². The van der Waals surface area contributed by atoms with Crippen LogP contribution in [0.25, 0.3) is 0 Å². The second kappa shape index (κ2) is 8.07. The largest absolute Gasteiger partial charge is 0.370 e. The Labute approximate surface area is 142 Å². The molecule has 0 radical (unpaired) electrons. The Bertz CT molecular complexity index is 466. The molecule has 3 fully saturated rings. The Balaban J connectivity index is 1.38. The molecular formula is C17H28N3O4+. The maximum Gasteiger partial charge on any atom is 0.233 e. The lowest BCUT2D eigenvalue weighted by Crippen LogP contribution is -3.14. The lowest BCUT2D eigenvalue weighted by atomic mass is 9.81. The summed E-state index contributed by atoms with van der Waals surface area (Å²) in [7, 11) is 0. The molecule has 134 valence electrons. The van der Waals surface area contributed by atoms with E-state index in [1.54, 1.807) is 0 Å². The van der Waals surface area contributed by atoms with E-state index in [1.165, 1.54) is 9.80 Å². The molecule has 2 saturated heterocycles. The van der Waals surface area contributed by atoms with Gasteiger partial charge in [-0.15, -0.1) is 0 Å². The quantitative estimate of drug-likeness (QED) is 0.583. The first-order valence-corrected chi connectivity index (χ1v) is 9.20. The summed E-state index contributed by atoms with van der Waals surface area (Å²) in [6.45, 7) is 5.27. The van der Waals surface area contributed by atoms with Crippen LogP contribution in [-0.4, -0.2) is 68.6 Å². The molecule has 0 unspecified atom stereocenters. The maximum atomic E-state index is 12.3. The topological polar surface area (TPSA) is 80.2 Å². The average molecular weight is 338 g/mol. The minimum absolute atomic E-state index is 0.0599. The summed E-state index contributed by atoms with van der Waals surface area (Å²) in [5.41, 5.74) is 0. The molecule has 3 amide bonds. The summed E-state index contributed by atoms with van der Waals surface area (Å²) in [6, 6.07) is 0. The highest BCUT2D eigenvalue weighted by Gasteiger charge is 2.47. The van der Waals surface area contributed by atoms with Gasteiger partial charge in [0.15, 0.2) is 0 Å². The number of morpholine rings is 1. The van der Waals surface area contributed by atoms with Gasteiger partial charge in [-0.1, -0.05) is 12.8 Å². The molecule has 24 heavy (non-hydrogen) atoms. The van der Waals surface area contributed by atoms with Gasteiger partial charge in [0.25, 0.3) is 0 Å². The van der Waals surface area contributed by atoms with Gasteiger partial charge in [0.1, 0.15) is 13.1 Å². The molecule has 0 aromatic heterocycles. The van der Waals surface area contributed by atoms with Gasteiger partial charge in [-0.3, -0.25) is 19.3 Å². The van der Waals surface area contributed by atoms with Gasteiger partial charge in [0.05, 0.1) is 38.1 Å². The summed E-state index contributed by atoms with van der Waals surface area (Å²) in [6.07, 6.45) is 3.90. The second-order valence-electron chi connectivity index (χ2n) is 7.04. The molecule has 7 heteroatoms. The minimum atomic E-state index is -0.126. The normalized spacial score (nSPS) is 28.1. The zero-order valence-corrected chi connectivity index (χ0v) is 14.2. The number of carbonyl (C=O) groups is 3. The standard InChI is InChI=1S/C17H27N3O4/c21-15(18-6-8-19-9-11-24-12-10-19)5-7-20-16(22)13-3-1-2-4-14(13)17(20)23/h13-14H,1-12H2,(H,18,21)/p+1/t13-,14+. The Hall–Kier alpha value is -1.47. The molecular weight excluding hydrogens is 310 g/mol. The highest BCUT2D eigenvalue weighted by atomic mass is 16.5. The van der Waals surface area contributed by atoms with E-state index in [4.69, 9.17) is 4.74 Å². The lowest BCUT2D eigenvalue weighted by Gasteiger charge is -2.23. The van der Waals surface area contributed by atoms with Gasteiger partial charge in [0, 0.05) is 13.0 Å². The zero-order chi connectivity index (χ0) is 16.9. The SMILES string of the molecule is O=C(CCN1C(=O)[C@H]2CCCC[C@H]2C1=O)NCC[NH+]1CCOCC1. The number of nitrogens with zero attached hydrogens (tertiary/aromatic N) is 1. The van der Waals surface area contributed by atoms with Crippen molar-refractivity contribution in [2.24, 2.45) is 11.8 Å². The van der Waals surface area contributed by atoms with E-state index in [2.05, 4.69) is 5.32 Å². The van der Waals surface area contributed by atoms with Crippen LogP contribution < -0.4 is 10.2 Å². The molecule has 0 bridgehead atoms. The molecule has 3 aliphatic rings. The first-order valence-electron chi connectivity index (χ1n) is 9.20. The van der Waals surface area contributed by atoms with E-state index in [-0.39, 0.29) is 42.5 Å². The number of rotatable bonds is 6. The Morgan fingerprint density at radius 1 is 1.12 bits per heavy atom. The van der Waals surface area contributed by atoms with Gasteiger partial charge < -0.3 is 15.0 Å². The molecule has 7 nitrogen and oxygen atoms in total. The van der Waals surface area contributed by atoms with Gasteiger partial charge in [0.2, 0.25) is 17.7 Å². The molecule has 0 aromatic carbocycles. The number of amides is 3. The summed E-state index contributed by atoms with van der Waals surface area (Å²) in [5.74, 6) is -0.456. The third-order valence-corrected chi connectivity index (χ3v) is 5.50. The molecule has 3 rings (SSSR count). The number of hydrogen-bond donors (Lipinski definition) is 2. The van der Waals surface area contributed by atoms with Crippen LogP contribution in [0.1, 0.15) is 32.1 Å². The summed E-state index contributed by atoms with van der Waals surface area (Å²) >= 11 is 0. The Morgan fingerprint density at radius 3 is 2.38 bits per heavy atom. The summed E-state index contributed by atoms with van der Waals surface area (Å²) < 4.78 is 5.31. The van der Waals surface area contributed by atoms with E-state index in [1.807, 2.05) is 0 Å². The van der Waals surface area contributed by atoms with Crippen molar-refractivity contribution in [2.45, 2.75) is 32.1 Å². The molecule has 1 aliphatic carbocycles. The molecule has 2 atom stereocenters. The van der Waals surface area contributed by atoms with E-state index in [9.17, 15) is 14.4 Å². The number of quaternary nitrogens is 1. The van der Waals surface area contributed by atoms with Gasteiger partial charge in [-0.05, 0) is 12.8 Å². The zero-order valence-electron chi connectivity index (χ0n) is 14.2. The predicted octanol–water partition coefficient (Wildman–Crippen LogP) is -1.42. The highest BCUT2D eigenvalue weighted by Crippen LogP contribution is 2.37. The van der Waals surface area contributed by atoms with Crippen LogP contribution in [0.4, 0.5) is 0 Å². The number of hydrogen-bond acceptors (Lipinski definition) is 4. The first kappa shape index (κ1) is 17.4. The van der Waals surface area contributed by atoms with Crippen LogP contribution in [0, 0.1) is 11.8 Å². The third-order valence-electron chi connectivity index (χ3n) is 5.50. The first-order chi connectivity index (χ1) is 11.7. The fraction of sp³-hybridized carbons (Fsp3) is 0.824. The number of fused-ring (bicyclic) bond motifs is 1. The van der Waals surface area contributed by atoms with Crippen molar-refractivity contribution in [2.75, 3.05) is 45.9 Å². The predicted molar refractivity (Wildman–Crippen MR) is 86.2 cm³/mol. The third kappa shape index (κ3) is 3.95. The Kier molecular flexibility index (Phi) is 5.84. The van der Waals surface area contributed by atoms with Crippen molar-refractivity contribution in [3.8, 4) is 0 Å². The van der Waals surface area contributed by atoms with Crippen molar-refractivity contribution in [1.29, 1.82) is 0 Å². The number of likely N-dealkylation sites (tertiary alicyclic amines) is 1. The van der Waals surface area contributed by atoms with E-state index >= 15 is 0 Å². The minimum Gasteiger partial charge on any atom is -0.370 e. The van der Waals surface area contributed by atoms with Gasteiger partial charge in [-0.25, -0.2) is 0 Å². The van der Waals surface area contributed by atoms with E-state index in [0.29, 0.717) is 6.54 Å². The van der Waals surface area contributed by atoms with Crippen molar-refractivity contribution < 1.29 is 24.0 Å². The van der Waals surface area contributed by atoms with Crippen molar-refractivity contribution in [3.05, 3.63) is 0 Å². The fourth-order valence-corrected chi connectivity index (χ4v) is 4.04. The van der Waals surface area contributed by atoms with Crippen LogP contribution in [0.2, 0.25) is 0 Å². The highest BCUT2D eigenvalue weighted by molar-refractivity contribution is 6.05. The van der Waals surface area contributed by atoms with E-state index in [0.717, 1.165) is 58.5 Å². The van der Waals surface area contributed by atoms with Crippen molar-refractivity contribution in [3.63, 3.8) is 0 Å². The average Bonchev–Trinajstić information content (AvgIpc) is 2.85. The summed E-state index contributed by atoms with van der Waals surface area (Å²) in [4.78, 5) is 39.4. The molecule has 0 aromatic rings. The van der Waals surface area contributed by atoms with Crippen molar-refractivity contribution in [1.82, 2.24) is 10.2 Å². The maximum absolute atomic E-state index is 12.3. The van der Waals surface area contributed by atoms with Crippen LogP contribution in [-0.2, 0) is 19.1 Å².